The zero-order valence-corrected chi connectivity index (χ0v) is 11.2. The van der Waals surface area contributed by atoms with Crippen LogP contribution in [-0.4, -0.2) is 42.1 Å². The molecule has 2 atom stereocenters. The van der Waals surface area contributed by atoms with Crippen molar-refractivity contribution in [2.45, 2.75) is 19.3 Å². The van der Waals surface area contributed by atoms with E-state index < -0.39 is 0 Å². The summed E-state index contributed by atoms with van der Waals surface area (Å²) in [6.07, 6.45) is 5.91. The summed E-state index contributed by atoms with van der Waals surface area (Å²) in [6.45, 7) is 6.40. The lowest BCUT2D eigenvalue weighted by Crippen LogP contribution is -2.39. The van der Waals surface area contributed by atoms with E-state index in [0.29, 0.717) is 0 Å². The molecule has 0 bridgehead atoms. The van der Waals surface area contributed by atoms with Gasteiger partial charge in [0.25, 0.3) is 0 Å². The molecule has 1 aliphatic heterocycles. The predicted octanol–water partition coefficient (Wildman–Crippen LogP) is 2.35. The minimum atomic E-state index is 0.138. The van der Waals surface area contributed by atoms with Crippen LogP contribution in [0.1, 0.15) is 19.3 Å². The standard InChI is InChI=1S/C13H22N2OS/c1-2-7-17-8-6-14-13(16)15-9-11-4-3-5-12(11)10-15/h2,11-12H,1,3-10H2,(H,14,16)/t11-,12-/m1/s1. The highest BCUT2D eigenvalue weighted by Gasteiger charge is 2.37. The first-order valence-corrected chi connectivity index (χ1v) is 7.68. The molecule has 0 spiro atoms. The summed E-state index contributed by atoms with van der Waals surface area (Å²) in [6, 6.07) is 0.138. The molecule has 0 aromatic rings. The molecule has 3 nitrogen and oxygen atoms in total. The fourth-order valence-corrected chi connectivity index (χ4v) is 3.49. The number of hydrogen-bond donors (Lipinski definition) is 1. The molecule has 1 saturated heterocycles. The highest BCUT2D eigenvalue weighted by atomic mass is 32.2. The van der Waals surface area contributed by atoms with Gasteiger partial charge >= 0.3 is 6.03 Å². The van der Waals surface area contributed by atoms with Crippen LogP contribution in [0.2, 0.25) is 0 Å². The molecule has 96 valence electrons. The van der Waals surface area contributed by atoms with Gasteiger partial charge in [-0.3, -0.25) is 0 Å². The second-order valence-electron chi connectivity index (χ2n) is 4.95. The minimum absolute atomic E-state index is 0.138. The molecule has 1 N–H and O–H groups in total. The van der Waals surface area contributed by atoms with Crippen molar-refractivity contribution >= 4 is 17.8 Å². The zero-order chi connectivity index (χ0) is 12.1. The summed E-state index contributed by atoms with van der Waals surface area (Å²) < 4.78 is 0. The van der Waals surface area contributed by atoms with Gasteiger partial charge in [-0.15, -0.1) is 6.58 Å². The summed E-state index contributed by atoms with van der Waals surface area (Å²) in [4.78, 5) is 13.9. The Morgan fingerprint density at radius 3 is 2.76 bits per heavy atom. The Balaban J connectivity index is 1.62. The highest BCUT2D eigenvalue weighted by Crippen LogP contribution is 2.37. The van der Waals surface area contributed by atoms with E-state index in [1.54, 1.807) is 11.8 Å². The highest BCUT2D eigenvalue weighted by molar-refractivity contribution is 7.99. The van der Waals surface area contributed by atoms with Crippen LogP contribution in [0.25, 0.3) is 0 Å². The summed E-state index contributed by atoms with van der Waals surface area (Å²) in [5, 5.41) is 3.00. The number of thioether (sulfide) groups is 1. The molecule has 1 aliphatic carbocycles. The average molecular weight is 254 g/mol. The summed E-state index contributed by atoms with van der Waals surface area (Å²) in [5.74, 6) is 3.51. The fraction of sp³-hybridized carbons (Fsp3) is 0.769. The van der Waals surface area contributed by atoms with E-state index in [1.807, 2.05) is 11.0 Å². The molecular formula is C13H22N2OS. The van der Waals surface area contributed by atoms with Gasteiger partial charge in [0, 0.05) is 31.1 Å². The SMILES string of the molecule is C=CCSCCNC(=O)N1C[C@H]2CCC[C@@H]2C1. The maximum Gasteiger partial charge on any atom is 0.317 e. The van der Waals surface area contributed by atoms with Crippen molar-refractivity contribution in [3.05, 3.63) is 12.7 Å². The van der Waals surface area contributed by atoms with Crippen LogP contribution in [-0.2, 0) is 0 Å². The molecule has 0 aromatic carbocycles. The normalized spacial score (nSPS) is 26.9. The predicted molar refractivity (Wildman–Crippen MR) is 73.3 cm³/mol. The second kappa shape index (κ2) is 6.34. The third kappa shape index (κ3) is 3.41. The number of nitrogens with one attached hydrogen (secondary N) is 1. The number of amides is 2. The lowest BCUT2D eigenvalue weighted by atomic mass is 10.0. The molecule has 1 saturated carbocycles. The van der Waals surface area contributed by atoms with E-state index in [4.69, 9.17) is 0 Å². The Kier molecular flexibility index (Phi) is 4.77. The van der Waals surface area contributed by atoms with Gasteiger partial charge in [-0.2, -0.15) is 11.8 Å². The monoisotopic (exact) mass is 254 g/mol. The van der Waals surface area contributed by atoms with Crippen LogP contribution < -0.4 is 5.32 Å². The summed E-state index contributed by atoms with van der Waals surface area (Å²) in [7, 11) is 0. The Labute approximate surface area is 108 Å². The molecule has 4 heteroatoms. The van der Waals surface area contributed by atoms with E-state index in [9.17, 15) is 4.79 Å². The third-order valence-corrected chi connectivity index (χ3v) is 4.74. The number of fused-ring (bicyclic) bond motifs is 1. The topological polar surface area (TPSA) is 32.3 Å². The number of carbonyl (C=O) groups excluding carboxylic acids is 1. The van der Waals surface area contributed by atoms with Crippen molar-refractivity contribution in [1.82, 2.24) is 10.2 Å². The van der Waals surface area contributed by atoms with Crippen molar-refractivity contribution in [3.8, 4) is 0 Å². The zero-order valence-electron chi connectivity index (χ0n) is 10.4. The Bertz CT molecular complexity index is 271. The molecule has 2 rings (SSSR count). The van der Waals surface area contributed by atoms with Crippen LogP contribution in [0.5, 0.6) is 0 Å². The van der Waals surface area contributed by atoms with Crippen molar-refractivity contribution in [3.63, 3.8) is 0 Å². The average Bonchev–Trinajstić information content (AvgIpc) is 2.88. The van der Waals surface area contributed by atoms with Crippen molar-refractivity contribution in [2.24, 2.45) is 11.8 Å². The Morgan fingerprint density at radius 1 is 1.41 bits per heavy atom. The van der Waals surface area contributed by atoms with E-state index in [-0.39, 0.29) is 6.03 Å². The molecule has 0 unspecified atom stereocenters. The van der Waals surface area contributed by atoms with Crippen LogP contribution >= 0.6 is 11.8 Å². The van der Waals surface area contributed by atoms with Crippen LogP contribution in [0.4, 0.5) is 4.79 Å². The quantitative estimate of drug-likeness (QED) is 0.603. The van der Waals surface area contributed by atoms with Gasteiger partial charge in [-0.25, -0.2) is 4.79 Å². The van der Waals surface area contributed by atoms with E-state index >= 15 is 0 Å². The number of nitrogens with zero attached hydrogens (tertiary/aromatic N) is 1. The van der Waals surface area contributed by atoms with Crippen LogP contribution in [0.3, 0.4) is 0 Å². The number of rotatable bonds is 5. The number of carbonyl (C=O) groups is 1. The van der Waals surface area contributed by atoms with Crippen molar-refractivity contribution in [2.75, 3.05) is 31.1 Å². The van der Waals surface area contributed by atoms with E-state index in [1.165, 1.54) is 19.3 Å². The number of urea groups is 1. The fourth-order valence-electron chi connectivity index (χ4n) is 2.91. The van der Waals surface area contributed by atoms with Gasteiger partial charge < -0.3 is 10.2 Å². The van der Waals surface area contributed by atoms with Crippen LogP contribution in [0, 0.1) is 11.8 Å². The lowest BCUT2D eigenvalue weighted by Gasteiger charge is -2.17. The number of likely N-dealkylation sites (tertiary alicyclic amines) is 1. The molecule has 2 amide bonds. The molecule has 0 radical (unpaired) electrons. The molecule has 0 aromatic heterocycles. The van der Waals surface area contributed by atoms with E-state index in [2.05, 4.69) is 11.9 Å². The molecule has 17 heavy (non-hydrogen) atoms. The maximum atomic E-state index is 11.9. The second-order valence-corrected chi connectivity index (χ2v) is 6.10. The van der Waals surface area contributed by atoms with E-state index in [0.717, 1.165) is 43.0 Å². The van der Waals surface area contributed by atoms with Gasteiger partial charge in [0.05, 0.1) is 0 Å². The lowest BCUT2D eigenvalue weighted by molar-refractivity contribution is 0.206. The van der Waals surface area contributed by atoms with Crippen molar-refractivity contribution in [1.29, 1.82) is 0 Å². The Hall–Kier alpha value is -0.640. The minimum Gasteiger partial charge on any atom is -0.337 e. The molecule has 2 fully saturated rings. The third-order valence-electron chi connectivity index (χ3n) is 3.77. The first-order chi connectivity index (χ1) is 8.31. The molecule has 1 heterocycles. The molecule has 2 aliphatic rings. The van der Waals surface area contributed by atoms with Gasteiger partial charge in [0.15, 0.2) is 0 Å². The summed E-state index contributed by atoms with van der Waals surface area (Å²) in [5.41, 5.74) is 0. The maximum absolute atomic E-state index is 11.9. The van der Waals surface area contributed by atoms with Gasteiger partial charge in [-0.1, -0.05) is 12.5 Å². The number of hydrogen-bond acceptors (Lipinski definition) is 2. The smallest absolute Gasteiger partial charge is 0.317 e. The molecular weight excluding hydrogens is 232 g/mol. The first-order valence-electron chi connectivity index (χ1n) is 6.52. The summed E-state index contributed by atoms with van der Waals surface area (Å²) >= 11 is 1.80. The van der Waals surface area contributed by atoms with Crippen molar-refractivity contribution < 1.29 is 4.79 Å². The Morgan fingerprint density at radius 2 is 2.12 bits per heavy atom. The van der Waals surface area contributed by atoms with Gasteiger partial charge in [0.2, 0.25) is 0 Å². The van der Waals surface area contributed by atoms with Crippen LogP contribution in [0.15, 0.2) is 12.7 Å². The largest absolute Gasteiger partial charge is 0.337 e. The van der Waals surface area contributed by atoms with Gasteiger partial charge in [0.1, 0.15) is 0 Å². The first kappa shape index (κ1) is 12.8. The van der Waals surface area contributed by atoms with Gasteiger partial charge in [-0.05, 0) is 24.7 Å².